The van der Waals surface area contributed by atoms with E-state index in [4.69, 9.17) is 5.73 Å². The number of hydrogen-bond donors (Lipinski definition) is 1. The summed E-state index contributed by atoms with van der Waals surface area (Å²) in [6, 6.07) is 8.22. The van der Waals surface area contributed by atoms with Crippen molar-refractivity contribution >= 4 is 11.9 Å². The van der Waals surface area contributed by atoms with Crippen LogP contribution in [0.3, 0.4) is 0 Å². The summed E-state index contributed by atoms with van der Waals surface area (Å²) < 4.78 is 1.47. The normalized spacial score (nSPS) is 10.6. The van der Waals surface area contributed by atoms with E-state index in [0.29, 0.717) is 6.54 Å². The van der Waals surface area contributed by atoms with Crippen molar-refractivity contribution in [1.29, 1.82) is 0 Å². The molecule has 1 amide bonds. The topological polar surface area (TPSA) is 77.0 Å². The molecule has 21 heavy (non-hydrogen) atoms. The number of rotatable bonds is 6. The van der Waals surface area contributed by atoms with Gasteiger partial charge in [-0.25, -0.2) is 9.67 Å². The van der Waals surface area contributed by atoms with E-state index in [1.165, 1.54) is 16.6 Å². The second-order valence-electron chi connectivity index (χ2n) is 5.10. The van der Waals surface area contributed by atoms with Gasteiger partial charge in [0.2, 0.25) is 11.9 Å². The lowest BCUT2D eigenvalue weighted by Gasteiger charge is -2.22. The lowest BCUT2D eigenvalue weighted by Crippen LogP contribution is -2.34. The Morgan fingerprint density at radius 3 is 2.62 bits per heavy atom. The quantitative estimate of drug-likeness (QED) is 0.875. The number of anilines is 1. The molecule has 112 valence electrons. The number of aryl methyl sites for hydroxylation is 1. The van der Waals surface area contributed by atoms with Gasteiger partial charge in [0.15, 0.2) is 0 Å². The number of nitrogen functional groups attached to an aromatic ring is 1. The molecule has 1 heterocycles. The fraction of sp³-hybridized carbons (Fsp3) is 0.400. The molecule has 0 aliphatic heterocycles. The van der Waals surface area contributed by atoms with Crippen molar-refractivity contribution in [2.75, 3.05) is 12.3 Å². The molecular weight excluding hydrogens is 266 g/mol. The van der Waals surface area contributed by atoms with Gasteiger partial charge in [0.1, 0.15) is 12.9 Å². The van der Waals surface area contributed by atoms with Gasteiger partial charge >= 0.3 is 0 Å². The van der Waals surface area contributed by atoms with E-state index in [-0.39, 0.29) is 18.4 Å². The van der Waals surface area contributed by atoms with Crippen molar-refractivity contribution < 1.29 is 4.79 Å². The molecule has 0 saturated heterocycles. The standard InChI is InChI=1S/C15H21N5O/c1-3-8-19(9-13-6-4-12(2)5-7-13)14(21)10-20-11-17-15(16)18-20/h4-7,11H,3,8-10H2,1-2H3,(H2,16,18). The van der Waals surface area contributed by atoms with Crippen molar-refractivity contribution in [2.45, 2.75) is 33.4 Å². The summed E-state index contributed by atoms with van der Waals surface area (Å²) in [5, 5.41) is 3.95. The minimum atomic E-state index is 0.0160. The molecule has 2 aromatic rings. The molecule has 6 nitrogen and oxygen atoms in total. The van der Waals surface area contributed by atoms with Crippen LogP contribution in [-0.2, 0) is 17.9 Å². The van der Waals surface area contributed by atoms with Gasteiger partial charge in [-0.1, -0.05) is 36.8 Å². The first-order valence-corrected chi connectivity index (χ1v) is 7.06. The van der Waals surface area contributed by atoms with Crippen molar-refractivity contribution in [3.63, 3.8) is 0 Å². The van der Waals surface area contributed by atoms with Crippen molar-refractivity contribution in [3.8, 4) is 0 Å². The monoisotopic (exact) mass is 287 g/mol. The van der Waals surface area contributed by atoms with Crippen molar-refractivity contribution in [2.24, 2.45) is 0 Å². The van der Waals surface area contributed by atoms with Crippen molar-refractivity contribution in [3.05, 3.63) is 41.7 Å². The smallest absolute Gasteiger partial charge is 0.244 e. The maximum Gasteiger partial charge on any atom is 0.244 e. The molecule has 0 radical (unpaired) electrons. The number of benzene rings is 1. The lowest BCUT2D eigenvalue weighted by atomic mass is 10.1. The lowest BCUT2D eigenvalue weighted by molar-refractivity contribution is -0.132. The Bertz CT molecular complexity index is 590. The fourth-order valence-electron chi connectivity index (χ4n) is 2.10. The summed E-state index contributed by atoms with van der Waals surface area (Å²) in [4.78, 5) is 18.0. The summed E-state index contributed by atoms with van der Waals surface area (Å²) in [7, 11) is 0. The summed E-state index contributed by atoms with van der Waals surface area (Å²) in [6.07, 6.45) is 2.39. The van der Waals surface area contributed by atoms with Crippen LogP contribution in [0.25, 0.3) is 0 Å². The molecule has 1 aromatic heterocycles. The van der Waals surface area contributed by atoms with E-state index in [9.17, 15) is 4.79 Å². The largest absolute Gasteiger partial charge is 0.367 e. The molecule has 0 unspecified atom stereocenters. The molecule has 0 aliphatic carbocycles. The Kier molecular flexibility index (Phi) is 4.92. The van der Waals surface area contributed by atoms with E-state index in [1.54, 1.807) is 0 Å². The molecule has 2 N–H and O–H groups in total. The van der Waals surface area contributed by atoms with Crippen molar-refractivity contribution in [1.82, 2.24) is 19.7 Å². The molecule has 0 saturated carbocycles. The van der Waals surface area contributed by atoms with Gasteiger partial charge in [-0.3, -0.25) is 4.79 Å². The molecule has 0 bridgehead atoms. The number of nitrogens with zero attached hydrogens (tertiary/aromatic N) is 4. The van der Waals surface area contributed by atoms with Gasteiger partial charge in [-0.05, 0) is 18.9 Å². The highest BCUT2D eigenvalue weighted by Crippen LogP contribution is 2.08. The number of nitrogens with two attached hydrogens (primary N) is 1. The summed E-state index contributed by atoms with van der Waals surface area (Å²) in [6.45, 7) is 5.60. The van der Waals surface area contributed by atoms with Crippen LogP contribution in [0.4, 0.5) is 5.95 Å². The first-order valence-electron chi connectivity index (χ1n) is 7.06. The zero-order chi connectivity index (χ0) is 15.2. The average Bonchev–Trinajstić information content (AvgIpc) is 2.86. The zero-order valence-corrected chi connectivity index (χ0v) is 12.5. The highest BCUT2D eigenvalue weighted by molar-refractivity contribution is 5.75. The second-order valence-corrected chi connectivity index (χ2v) is 5.10. The summed E-state index contributed by atoms with van der Waals surface area (Å²) >= 11 is 0. The van der Waals surface area contributed by atoms with Gasteiger partial charge in [0, 0.05) is 13.1 Å². The zero-order valence-electron chi connectivity index (χ0n) is 12.5. The van der Waals surface area contributed by atoms with Gasteiger partial charge in [-0.2, -0.15) is 0 Å². The first-order chi connectivity index (χ1) is 10.1. The molecule has 0 atom stereocenters. The van der Waals surface area contributed by atoms with Crippen LogP contribution < -0.4 is 5.73 Å². The Morgan fingerprint density at radius 1 is 1.33 bits per heavy atom. The molecule has 0 fully saturated rings. The van der Waals surface area contributed by atoms with Crippen LogP contribution >= 0.6 is 0 Å². The number of carbonyl (C=O) groups is 1. The van der Waals surface area contributed by atoms with Gasteiger partial charge in [0.25, 0.3) is 0 Å². The van der Waals surface area contributed by atoms with Gasteiger partial charge < -0.3 is 10.6 Å². The van der Waals surface area contributed by atoms with Crippen LogP contribution in [0.2, 0.25) is 0 Å². The first kappa shape index (κ1) is 15.0. The van der Waals surface area contributed by atoms with Gasteiger partial charge in [0.05, 0.1) is 0 Å². The molecule has 1 aromatic carbocycles. The number of carbonyl (C=O) groups excluding carboxylic acids is 1. The number of amides is 1. The van der Waals surface area contributed by atoms with Crippen LogP contribution in [0.1, 0.15) is 24.5 Å². The van der Waals surface area contributed by atoms with Gasteiger partial charge in [-0.15, -0.1) is 5.10 Å². The second kappa shape index (κ2) is 6.88. The SMILES string of the molecule is CCCN(Cc1ccc(C)cc1)C(=O)Cn1cnc(N)n1. The highest BCUT2D eigenvalue weighted by Gasteiger charge is 2.14. The molecule has 6 heteroatoms. The van der Waals surface area contributed by atoms with E-state index < -0.39 is 0 Å². The highest BCUT2D eigenvalue weighted by atomic mass is 16.2. The molecule has 2 rings (SSSR count). The Balaban J connectivity index is 2.03. The van der Waals surface area contributed by atoms with Crippen LogP contribution in [0, 0.1) is 6.92 Å². The van der Waals surface area contributed by atoms with Crippen LogP contribution in [0.5, 0.6) is 0 Å². The van der Waals surface area contributed by atoms with E-state index in [2.05, 4.69) is 41.3 Å². The molecule has 0 aliphatic rings. The summed E-state index contributed by atoms with van der Waals surface area (Å²) in [5.74, 6) is 0.200. The van der Waals surface area contributed by atoms with E-state index >= 15 is 0 Å². The van der Waals surface area contributed by atoms with Crippen LogP contribution in [0.15, 0.2) is 30.6 Å². The fourth-order valence-corrected chi connectivity index (χ4v) is 2.10. The average molecular weight is 287 g/mol. The Hall–Kier alpha value is -2.37. The van der Waals surface area contributed by atoms with E-state index in [1.807, 2.05) is 11.8 Å². The summed E-state index contributed by atoms with van der Waals surface area (Å²) in [5.41, 5.74) is 7.80. The maximum absolute atomic E-state index is 12.4. The Labute approximate surface area is 124 Å². The molecular formula is C15H21N5O. The Morgan fingerprint density at radius 2 is 2.05 bits per heavy atom. The number of aromatic nitrogens is 3. The number of hydrogen-bond acceptors (Lipinski definition) is 4. The van der Waals surface area contributed by atoms with Crippen LogP contribution in [-0.4, -0.2) is 32.1 Å². The third-order valence-electron chi connectivity index (χ3n) is 3.19. The molecule has 0 spiro atoms. The predicted molar refractivity (Wildman–Crippen MR) is 81.3 cm³/mol. The maximum atomic E-state index is 12.4. The minimum Gasteiger partial charge on any atom is -0.367 e. The third kappa shape index (κ3) is 4.30. The minimum absolute atomic E-state index is 0.0160. The van der Waals surface area contributed by atoms with E-state index in [0.717, 1.165) is 18.5 Å². The predicted octanol–water partition coefficient (Wildman–Crippen LogP) is 1.61. The third-order valence-corrected chi connectivity index (χ3v) is 3.19.